The van der Waals surface area contributed by atoms with Crippen LogP contribution in [0.2, 0.25) is 5.02 Å². The first-order valence-corrected chi connectivity index (χ1v) is 11.0. The summed E-state index contributed by atoms with van der Waals surface area (Å²) >= 11 is 5.88. The number of halogens is 2. The highest BCUT2D eigenvalue weighted by molar-refractivity contribution is 6.30. The minimum absolute atomic E-state index is 0.0737. The van der Waals surface area contributed by atoms with Crippen LogP contribution in [-0.4, -0.2) is 45.0 Å². The number of rotatable bonds is 6. The van der Waals surface area contributed by atoms with Crippen molar-refractivity contribution in [2.75, 3.05) is 7.05 Å². The van der Waals surface area contributed by atoms with Crippen LogP contribution < -0.4 is 10.6 Å². The Morgan fingerprint density at radius 3 is 2.29 bits per heavy atom. The fraction of sp³-hybridized carbons (Fsp3) is 0.250. The molecule has 34 heavy (non-hydrogen) atoms. The van der Waals surface area contributed by atoms with Crippen molar-refractivity contribution < 1.29 is 18.8 Å². The van der Waals surface area contributed by atoms with E-state index in [1.807, 2.05) is 0 Å². The lowest BCUT2D eigenvalue weighted by Gasteiger charge is -2.40. The average Bonchev–Trinajstić information content (AvgIpc) is 3.25. The Balaban J connectivity index is 1.46. The molecule has 1 atom stereocenters. The van der Waals surface area contributed by atoms with Gasteiger partial charge in [0, 0.05) is 31.2 Å². The molecule has 0 saturated heterocycles. The molecule has 0 radical (unpaired) electrons. The normalized spacial score (nSPS) is 17.3. The van der Waals surface area contributed by atoms with Gasteiger partial charge < -0.3 is 15.5 Å². The summed E-state index contributed by atoms with van der Waals surface area (Å²) in [5.74, 6) is -1.61. The minimum Gasteiger partial charge on any atom is -0.350 e. The molecule has 0 fully saturated rings. The highest BCUT2D eigenvalue weighted by Crippen LogP contribution is 2.26. The van der Waals surface area contributed by atoms with E-state index >= 15 is 0 Å². The molecule has 0 bridgehead atoms. The fourth-order valence-corrected chi connectivity index (χ4v) is 3.81. The number of nitrogens with one attached hydrogen (secondary N) is 2. The van der Waals surface area contributed by atoms with Crippen molar-refractivity contribution in [3.05, 3.63) is 88.0 Å². The lowest BCUT2D eigenvalue weighted by Crippen LogP contribution is -2.62. The van der Waals surface area contributed by atoms with Crippen molar-refractivity contribution in [1.82, 2.24) is 25.3 Å². The third kappa shape index (κ3) is 4.65. The van der Waals surface area contributed by atoms with Gasteiger partial charge in [-0.2, -0.15) is 5.10 Å². The zero-order valence-corrected chi connectivity index (χ0v) is 19.4. The Morgan fingerprint density at radius 1 is 1.06 bits per heavy atom. The van der Waals surface area contributed by atoms with Gasteiger partial charge in [-0.25, -0.2) is 4.39 Å². The molecule has 0 saturated carbocycles. The van der Waals surface area contributed by atoms with Crippen molar-refractivity contribution in [3.63, 3.8) is 0 Å². The molecular formula is C24H23ClFN5O3. The number of amides is 3. The third-order valence-corrected chi connectivity index (χ3v) is 6.21. The summed E-state index contributed by atoms with van der Waals surface area (Å²) < 4.78 is 14.5. The molecule has 2 N–H and O–H groups in total. The number of carbonyl (C=O) groups excluding carboxylic acids is 3. The molecule has 3 amide bonds. The number of hydrogen-bond donors (Lipinski definition) is 2. The van der Waals surface area contributed by atoms with Crippen LogP contribution in [0.4, 0.5) is 4.39 Å². The second-order valence-electron chi connectivity index (χ2n) is 8.33. The Labute approximate surface area is 200 Å². The van der Waals surface area contributed by atoms with E-state index in [-0.39, 0.29) is 42.7 Å². The quantitative estimate of drug-likeness (QED) is 0.563. The van der Waals surface area contributed by atoms with Gasteiger partial charge in [-0.3, -0.25) is 19.1 Å². The highest BCUT2D eigenvalue weighted by atomic mass is 35.5. The predicted octanol–water partition coefficient (Wildman–Crippen LogP) is 2.77. The molecule has 1 aliphatic heterocycles. The molecule has 4 rings (SSSR count). The minimum atomic E-state index is -1.23. The summed E-state index contributed by atoms with van der Waals surface area (Å²) in [4.78, 5) is 40.0. The van der Waals surface area contributed by atoms with Gasteiger partial charge in [0.25, 0.3) is 11.8 Å². The van der Waals surface area contributed by atoms with Crippen molar-refractivity contribution >= 4 is 29.3 Å². The van der Waals surface area contributed by atoms with Crippen LogP contribution in [0.15, 0.2) is 54.6 Å². The first-order chi connectivity index (χ1) is 16.2. The molecule has 8 nitrogen and oxygen atoms in total. The maximum atomic E-state index is 13.1. The van der Waals surface area contributed by atoms with Crippen LogP contribution in [0.5, 0.6) is 0 Å². The standard InChI is InChI=1S/C24H23ClFN5O3/c1-24(23(34)28-13-16-5-9-18(26)10-6-16)14-31-20(22(33)30(24)2)11-19(29-31)21(32)27-12-15-3-7-17(25)8-4-15/h3-11H,12-14H2,1-2H3,(H,27,32)(H,28,34)/t24-/m0/s1. The average molecular weight is 484 g/mol. The first-order valence-electron chi connectivity index (χ1n) is 10.6. The number of hydrogen-bond acceptors (Lipinski definition) is 4. The number of aromatic nitrogens is 2. The fourth-order valence-electron chi connectivity index (χ4n) is 3.69. The van der Waals surface area contributed by atoms with Gasteiger partial charge >= 0.3 is 0 Å². The van der Waals surface area contributed by atoms with Crippen LogP contribution in [0.25, 0.3) is 0 Å². The van der Waals surface area contributed by atoms with Crippen LogP contribution >= 0.6 is 11.6 Å². The molecule has 1 aliphatic rings. The summed E-state index contributed by atoms with van der Waals surface area (Å²) in [5, 5.41) is 10.4. The molecular weight excluding hydrogens is 461 g/mol. The molecule has 0 aliphatic carbocycles. The smallest absolute Gasteiger partial charge is 0.272 e. The number of nitrogens with zero attached hydrogens (tertiary/aromatic N) is 3. The van der Waals surface area contributed by atoms with Crippen LogP contribution in [-0.2, 0) is 24.4 Å². The third-order valence-electron chi connectivity index (χ3n) is 5.96. The first kappa shape index (κ1) is 23.4. The largest absolute Gasteiger partial charge is 0.350 e. The van der Waals surface area contributed by atoms with Crippen molar-refractivity contribution in [1.29, 1.82) is 0 Å². The Morgan fingerprint density at radius 2 is 1.65 bits per heavy atom. The van der Waals surface area contributed by atoms with E-state index in [1.54, 1.807) is 43.3 Å². The van der Waals surface area contributed by atoms with Gasteiger partial charge in [0.15, 0.2) is 5.69 Å². The Bertz CT molecular complexity index is 1240. The SMILES string of the molecule is CN1C(=O)c2cc(C(=O)NCc3ccc(Cl)cc3)nn2C[C@@]1(C)C(=O)NCc1ccc(F)cc1. The Kier molecular flexibility index (Phi) is 6.39. The van der Waals surface area contributed by atoms with E-state index < -0.39 is 17.4 Å². The van der Waals surface area contributed by atoms with E-state index in [2.05, 4.69) is 15.7 Å². The van der Waals surface area contributed by atoms with Gasteiger partial charge in [0.2, 0.25) is 5.91 Å². The maximum absolute atomic E-state index is 13.1. The molecule has 1 aromatic heterocycles. The molecule has 2 heterocycles. The van der Waals surface area contributed by atoms with Crippen LogP contribution in [0.1, 0.15) is 39.0 Å². The van der Waals surface area contributed by atoms with Gasteiger partial charge in [0.1, 0.15) is 17.1 Å². The predicted molar refractivity (Wildman–Crippen MR) is 124 cm³/mol. The molecule has 176 valence electrons. The van der Waals surface area contributed by atoms with Gasteiger partial charge in [-0.15, -0.1) is 0 Å². The summed E-state index contributed by atoms with van der Waals surface area (Å²) in [6, 6.07) is 14.3. The topological polar surface area (TPSA) is 96.3 Å². The van der Waals surface area contributed by atoms with Crippen molar-refractivity contribution in [3.8, 4) is 0 Å². The monoisotopic (exact) mass is 483 g/mol. The molecule has 3 aromatic rings. The molecule has 2 aromatic carbocycles. The van der Waals surface area contributed by atoms with Gasteiger partial charge in [-0.05, 0) is 42.3 Å². The molecule has 10 heteroatoms. The molecule has 0 unspecified atom stereocenters. The number of benzene rings is 2. The van der Waals surface area contributed by atoms with E-state index in [4.69, 9.17) is 11.6 Å². The highest BCUT2D eigenvalue weighted by Gasteiger charge is 2.46. The van der Waals surface area contributed by atoms with E-state index in [0.29, 0.717) is 5.02 Å². The lowest BCUT2D eigenvalue weighted by molar-refractivity contribution is -0.132. The summed E-state index contributed by atoms with van der Waals surface area (Å²) in [7, 11) is 1.54. The van der Waals surface area contributed by atoms with Crippen LogP contribution in [0, 0.1) is 5.82 Å². The maximum Gasteiger partial charge on any atom is 0.272 e. The zero-order chi connectivity index (χ0) is 24.5. The van der Waals surface area contributed by atoms with E-state index in [0.717, 1.165) is 11.1 Å². The van der Waals surface area contributed by atoms with Crippen LogP contribution in [0.3, 0.4) is 0 Å². The molecule has 0 spiro atoms. The second-order valence-corrected chi connectivity index (χ2v) is 8.77. The van der Waals surface area contributed by atoms with Crippen molar-refractivity contribution in [2.24, 2.45) is 0 Å². The van der Waals surface area contributed by atoms with Crippen molar-refractivity contribution in [2.45, 2.75) is 32.1 Å². The summed E-state index contributed by atoms with van der Waals surface area (Å²) in [6.07, 6.45) is 0. The lowest BCUT2D eigenvalue weighted by atomic mass is 9.96. The number of carbonyl (C=O) groups is 3. The summed E-state index contributed by atoms with van der Waals surface area (Å²) in [6.45, 7) is 2.16. The van der Waals surface area contributed by atoms with Gasteiger partial charge in [-0.1, -0.05) is 35.9 Å². The second kappa shape index (κ2) is 9.26. The number of likely N-dealkylation sites (N-methyl/N-ethyl adjacent to an activating group) is 1. The van der Waals surface area contributed by atoms with Gasteiger partial charge in [0.05, 0.1) is 6.54 Å². The zero-order valence-electron chi connectivity index (χ0n) is 18.6. The summed E-state index contributed by atoms with van der Waals surface area (Å²) in [5.41, 5.74) is 0.669. The van der Waals surface area contributed by atoms with E-state index in [9.17, 15) is 18.8 Å². The van der Waals surface area contributed by atoms with E-state index in [1.165, 1.54) is 34.8 Å². The Hall–Kier alpha value is -3.72. The number of fused-ring (bicyclic) bond motifs is 1.